The molecule has 1 aromatic heterocycles. The molecule has 19 heavy (non-hydrogen) atoms. The van der Waals surface area contributed by atoms with Crippen LogP contribution in [0.3, 0.4) is 0 Å². The van der Waals surface area contributed by atoms with Crippen LogP contribution >= 0.6 is 0 Å². The molecule has 2 aromatic rings. The van der Waals surface area contributed by atoms with Gasteiger partial charge >= 0.3 is 0 Å². The van der Waals surface area contributed by atoms with Crippen LogP contribution in [0.1, 0.15) is 22.6 Å². The number of aryl methyl sites for hydroxylation is 1. The Bertz CT molecular complexity index is 524. The van der Waals surface area contributed by atoms with Crippen LogP contribution in [-0.2, 0) is 6.42 Å². The second-order valence-corrected chi connectivity index (χ2v) is 4.09. The third-order valence-corrected chi connectivity index (χ3v) is 2.78. The van der Waals surface area contributed by atoms with Gasteiger partial charge in [-0.2, -0.15) is 5.10 Å². The summed E-state index contributed by atoms with van der Waals surface area (Å²) in [4.78, 5) is 16.0. The topological polar surface area (TPSA) is 82.7 Å². The minimum atomic E-state index is -0.0671. The quantitative estimate of drug-likeness (QED) is 0.681. The van der Waals surface area contributed by atoms with E-state index in [0.29, 0.717) is 12.1 Å². The van der Waals surface area contributed by atoms with Gasteiger partial charge in [-0.3, -0.25) is 9.89 Å². The summed E-state index contributed by atoms with van der Waals surface area (Å²) in [6.07, 6.45) is 3.08. The zero-order chi connectivity index (χ0) is 13.5. The third-order valence-electron chi connectivity index (χ3n) is 2.78. The van der Waals surface area contributed by atoms with Crippen molar-refractivity contribution in [3.8, 4) is 0 Å². The molecule has 0 unspecified atom stereocenters. The van der Waals surface area contributed by atoms with Crippen molar-refractivity contribution < 1.29 is 4.79 Å². The van der Waals surface area contributed by atoms with Crippen LogP contribution in [0.15, 0.2) is 30.6 Å². The van der Waals surface area contributed by atoms with Crippen LogP contribution in [-0.4, -0.2) is 34.7 Å². The van der Waals surface area contributed by atoms with Crippen molar-refractivity contribution in [1.82, 2.24) is 20.5 Å². The van der Waals surface area contributed by atoms with Crippen LogP contribution in [0.5, 0.6) is 0 Å². The van der Waals surface area contributed by atoms with Crippen molar-refractivity contribution in [3.05, 3.63) is 42.0 Å². The molecule has 0 radical (unpaired) electrons. The molecule has 3 N–H and O–H groups in total. The summed E-state index contributed by atoms with van der Waals surface area (Å²) in [7, 11) is 1.80. The first-order valence-corrected chi connectivity index (χ1v) is 6.20. The Hall–Kier alpha value is -2.37. The molecule has 0 bridgehead atoms. The number of nitrogens with zero attached hydrogens (tertiary/aromatic N) is 2. The van der Waals surface area contributed by atoms with Gasteiger partial charge in [0.1, 0.15) is 12.2 Å². The van der Waals surface area contributed by atoms with Crippen LogP contribution in [0.4, 0.5) is 5.69 Å². The molecule has 6 nitrogen and oxygen atoms in total. The van der Waals surface area contributed by atoms with Gasteiger partial charge in [0, 0.05) is 25.7 Å². The number of carbonyl (C=O) groups is 1. The summed E-state index contributed by atoms with van der Waals surface area (Å²) in [6, 6.07) is 7.43. The molecular formula is C13H17N5O. The summed E-state index contributed by atoms with van der Waals surface area (Å²) in [5.74, 6) is 0.771. The van der Waals surface area contributed by atoms with Crippen molar-refractivity contribution in [3.63, 3.8) is 0 Å². The predicted octanol–water partition coefficient (Wildman–Crippen LogP) is 1.21. The molecule has 1 amide bonds. The molecule has 0 aliphatic heterocycles. The highest BCUT2D eigenvalue weighted by atomic mass is 16.1. The molecule has 6 heteroatoms. The highest BCUT2D eigenvalue weighted by molar-refractivity contribution is 5.99. The van der Waals surface area contributed by atoms with Gasteiger partial charge in [-0.1, -0.05) is 12.1 Å². The predicted molar refractivity (Wildman–Crippen MR) is 73.0 cm³/mol. The molecule has 1 heterocycles. The Morgan fingerprint density at radius 2 is 2.21 bits per heavy atom. The van der Waals surface area contributed by atoms with E-state index in [1.165, 1.54) is 6.33 Å². The Morgan fingerprint density at radius 1 is 1.37 bits per heavy atom. The highest BCUT2D eigenvalue weighted by Crippen LogP contribution is 2.13. The Morgan fingerprint density at radius 3 is 2.95 bits per heavy atom. The SMILES string of the molecule is CNc1ccccc1C(=O)NCCCc1ncn[nH]1. The fourth-order valence-electron chi connectivity index (χ4n) is 1.80. The Labute approximate surface area is 111 Å². The third kappa shape index (κ3) is 3.54. The summed E-state index contributed by atoms with van der Waals surface area (Å²) >= 11 is 0. The minimum absolute atomic E-state index is 0.0671. The summed E-state index contributed by atoms with van der Waals surface area (Å²) in [6.45, 7) is 0.609. The first-order chi connectivity index (χ1) is 9.31. The van der Waals surface area contributed by atoms with E-state index in [1.54, 1.807) is 13.1 Å². The van der Waals surface area contributed by atoms with E-state index < -0.39 is 0 Å². The summed E-state index contributed by atoms with van der Waals surface area (Å²) in [5.41, 5.74) is 1.49. The van der Waals surface area contributed by atoms with Gasteiger partial charge in [0.2, 0.25) is 0 Å². The number of rotatable bonds is 6. The average Bonchev–Trinajstić information content (AvgIpc) is 2.96. The van der Waals surface area contributed by atoms with Crippen LogP contribution < -0.4 is 10.6 Å². The Kier molecular flexibility index (Phi) is 4.49. The number of aromatic amines is 1. The van der Waals surface area contributed by atoms with Crippen LogP contribution in [0.25, 0.3) is 0 Å². The number of para-hydroxylation sites is 1. The molecule has 0 atom stereocenters. The van der Waals surface area contributed by atoms with E-state index >= 15 is 0 Å². The first-order valence-electron chi connectivity index (χ1n) is 6.20. The number of hydrogen-bond acceptors (Lipinski definition) is 4. The van der Waals surface area contributed by atoms with Crippen molar-refractivity contribution in [1.29, 1.82) is 0 Å². The lowest BCUT2D eigenvalue weighted by Crippen LogP contribution is -2.25. The number of aromatic nitrogens is 3. The summed E-state index contributed by atoms with van der Waals surface area (Å²) < 4.78 is 0. The smallest absolute Gasteiger partial charge is 0.253 e. The summed E-state index contributed by atoms with van der Waals surface area (Å²) in [5, 5.41) is 12.5. The van der Waals surface area contributed by atoms with Gasteiger partial charge in [0.15, 0.2) is 0 Å². The molecule has 0 aliphatic carbocycles. The number of H-pyrrole nitrogens is 1. The lowest BCUT2D eigenvalue weighted by Gasteiger charge is -2.09. The average molecular weight is 259 g/mol. The maximum Gasteiger partial charge on any atom is 0.253 e. The number of amides is 1. The molecule has 0 fully saturated rings. The Balaban J connectivity index is 1.81. The van der Waals surface area contributed by atoms with E-state index in [0.717, 1.165) is 24.4 Å². The number of hydrogen-bond donors (Lipinski definition) is 3. The lowest BCUT2D eigenvalue weighted by molar-refractivity contribution is 0.0954. The highest BCUT2D eigenvalue weighted by Gasteiger charge is 2.08. The maximum atomic E-state index is 12.0. The zero-order valence-corrected chi connectivity index (χ0v) is 10.8. The number of anilines is 1. The molecule has 2 rings (SSSR count). The lowest BCUT2D eigenvalue weighted by atomic mass is 10.1. The normalized spacial score (nSPS) is 10.2. The molecule has 0 saturated heterocycles. The van der Waals surface area contributed by atoms with Crippen molar-refractivity contribution in [2.45, 2.75) is 12.8 Å². The minimum Gasteiger partial charge on any atom is -0.387 e. The molecule has 0 saturated carbocycles. The number of benzene rings is 1. The van der Waals surface area contributed by atoms with Crippen LogP contribution in [0.2, 0.25) is 0 Å². The van der Waals surface area contributed by atoms with Gasteiger partial charge in [-0.25, -0.2) is 4.98 Å². The van der Waals surface area contributed by atoms with Gasteiger partial charge in [-0.15, -0.1) is 0 Å². The second-order valence-electron chi connectivity index (χ2n) is 4.09. The van der Waals surface area contributed by atoms with Crippen molar-refractivity contribution in [2.75, 3.05) is 18.9 Å². The van der Waals surface area contributed by atoms with Crippen molar-refractivity contribution >= 4 is 11.6 Å². The molecular weight excluding hydrogens is 242 g/mol. The van der Waals surface area contributed by atoms with Gasteiger partial charge in [0.05, 0.1) is 5.56 Å². The first kappa shape index (κ1) is 13.1. The second kappa shape index (κ2) is 6.53. The van der Waals surface area contributed by atoms with E-state index in [4.69, 9.17) is 0 Å². The molecule has 0 spiro atoms. The molecule has 0 aliphatic rings. The zero-order valence-electron chi connectivity index (χ0n) is 10.8. The van der Waals surface area contributed by atoms with Crippen molar-refractivity contribution in [2.24, 2.45) is 0 Å². The van der Waals surface area contributed by atoms with Crippen LogP contribution in [0, 0.1) is 0 Å². The van der Waals surface area contributed by atoms with E-state index in [1.807, 2.05) is 18.2 Å². The van der Waals surface area contributed by atoms with E-state index in [-0.39, 0.29) is 5.91 Å². The largest absolute Gasteiger partial charge is 0.387 e. The standard InChI is InChI=1S/C13H17N5O/c1-14-11-6-3-2-5-10(11)13(19)15-8-4-7-12-16-9-17-18-12/h2-3,5-6,9,14H,4,7-8H2,1H3,(H,15,19)(H,16,17,18). The molecule has 1 aromatic carbocycles. The number of carbonyl (C=O) groups excluding carboxylic acids is 1. The maximum absolute atomic E-state index is 12.0. The van der Waals surface area contributed by atoms with E-state index in [9.17, 15) is 4.79 Å². The monoisotopic (exact) mass is 259 g/mol. The van der Waals surface area contributed by atoms with Gasteiger partial charge < -0.3 is 10.6 Å². The van der Waals surface area contributed by atoms with Gasteiger partial charge in [0.25, 0.3) is 5.91 Å². The van der Waals surface area contributed by atoms with E-state index in [2.05, 4.69) is 25.8 Å². The fraction of sp³-hybridized carbons (Fsp3) is 0.308. The number of nitrogens with one attached hydrogen (secondary N) is 3. The fourth-order valence-corrected chi connectivity index (χ4v) is 1.80. The van der Waals surface area contributed by atoms with Gasteiger partial charge in [-0.05, 0) is 18.6 Å². The molecule has 100 valence electrons.